The second kappa shape index (κ2) is 8.56. The Morgan fingerprint density at radius 1 is 0.500 bits per heavy atom. The van der Waals surface area contributed by atoms with Gasteiger partial charge in [-0.3, -0.25) is 0 Å². The van der Waals surface area contributed by atoms with E-state index in [0.717, 1.165) is 17.0 Å². The molecule has 0 fully saturated rings. The zero-order chi connectivity index (χ0) is 26.8. The maximum atomic E-state index is 5.16. The van der Waals surface area contributed by atoms with Crippen LogP contribution >= 0.6 is 0 Å². The smallest absolute Gasteiger partial charge is 0.163 e. The van der Waals surface area contributed by atoms with Crippen molar-refractivity contribution in [2.75, 3.05) is 0 Å². The predicted molar refractivity (Wildman–Crippen MR) is 161 cm³/mol. The van der Waals surface area contributed by atoms with Crippen molar-refractivity contribution in [3.63, 3.8) is 0 Å². The van der Waals surface area contributed by atoms with Gasteiger partial charge in [0.05, 0.1) is 5.92 Å². The van der Waals surface area contributed by atoms with Crippen LogP contribution in [0.3, 0.4) is 0 Å². The van der Waals surface area contributed by atoms with E-state index in [0.29, 0.717) is 11.6 Å². The molecular formula is C37H27N3. The molecule has 6 aromatic rings. The van der Waals surface area contributed by atoms with Gasteiger partial charge in [-0.05, 0) is 44.5 Å². The standard InChI is InChI=1S/C37H27N3/c1-37(2)30-20-12-11-17-25(30)28-21-22-29-31(33(28)37)26-18-9-10-19-27(26)32(29)36-39-34(23-13-5-3-6-14-23)38-35(40-36)24-15-7-4-8-16-24/h3-22,32H,1-2H3. The van der Waals surface area contributed by atoms with Gasteiger partial charge in [0.25, 0.3) is 0 Å². The van der Waals surface area contributed by atoms with Gasteiger partial charge in [0.15, 0.2) is 11.6 Å². The Labute approximate surface area is 234 Å². The minimum Gasteiger partial charge on any atom is -0.212 e. The van der Waals surface area contributed by atoms with Crippen molar-refractivity contribution in [1.82, 2.24) is 15.0 Å². The molecule has 40 heavy (non-hydrogen) atoms. The molecule has 0 bridgehead atoms. The topological polar surface area (TPSA) is 38.7 Å². The van der Waals surface area contributed by atoms with Crippen molar-refractivity contribution >= 4 is 0 Å². The first-order valence-electron chi connectivity index (χ1n) is 13.8. The van der Waals surface area contributed by atoms with Crippen molar-refractivity contribution in [1.29, 1.82) is 0 Å². The normalized spacial score (nSPS) is 15.7. The highest BCUT2D eigenvalue weighted by Gasteiger charge is 2.43. The van der Waals surface area contributed by atoms with Crippen molar-refractivity contribution < 1.29 is 0 Å². The lowest BCUT2D eigenvalue weighted by Gasteiger charge is -2.25. The summed E-state index contributed by atoms with van der Waals surface area (Å²) in [6, 6.07) is 42.7. The molecule has 3 nitrogen and oxygen atoms in total. The highest BCUT2D eigenvalue weighted by atomic mass is 15.0. The van der Waals surface area contributed by atoms with Gasteiger partial charge in [-0.15, -0.1) is 0 Å². The molecule has 0 saturated carbocycles. The molecule has 8 rings (SSSR count). The molecule has 2 aliphatic rings. The Balaban J connectivity index is 1.40. The van der Waals surface area contributed by atoms with Crippen molar-refractivity contribution in [3.8, 4) is 45.0 Å². The quantitative estimate of drug-likeness (QED) is 0.237. The highest BCUT2D eigenvalue weighted by molar-refractivity contribution is 5.93. The third kappa shape index (κ3) is 3.27. The summed E-state index contributed by atoms with van der Waals surface area (Å²) in [4.78, 5) is 15.3. The molecule has 1 atom stereocenters. The zero-order valence-corrected chi connectivity index (χ0v) is 22.5. The van der Waals surface area contributed by atoms with Crippen LogP contribution in [0.1, 0.15) is 47.8 Å². The molecular weight excluding hydrogens is 486 g/mol. The lowest BCUT2D eigenvalue weighted by molar-refractivity contribution is 0.661. The molecule has 1 aromatic heterocycles. The van der Waals surface area contributed by atoms with E-state index >= 15 is 0 Å². The van der Waals surface area contributed by atoms with E-state index in [-0.39, 0.29) is 11.3 Å². The van der Waals surface area contributed by atoms with E-state index in [4.69, 9.17) is 15.0 Å². The minimum atomic E-state index is -0.108. The van der Waals surface area contributed by atoms with E-state index in [1.807, 2.05) is 36.4 Å². The van der Waals surface area contributed by atoms with E-state index in [1.54, 1.807) is 0 Å². The van der Waals surface area contributed by atoms with Crippen LogP contribution in [0, 0.1) is 0 Å². The maximum Gasteiger partial charge on any atom is 0.163 e. The average molecular weight is 514 g/mol. The number of nitrogens with zero attached hydrogens (tertiary/aromatic N) is 3. The number of aromatic nitrogens is 3. The molecule has 3 heteroatoms. The van der Waals surface area contributed by atoms with Crippen molar-refractivity contribution in [2.45, 2.75) is 25.2 Å². The van der Waals surface area contributed by atoms with Gasteiger partial charge >= 0.3 is 0 Å². The van der Waals surface area contributed by atoms with Crippen LogP contribution in [0.25, 0.3) is 45.0 Å². The number of benzene rings is 5. The van der Waals surface area contributed by atoms with Gasteiger partial charge in [0.2, 0.25) is 0 Å². The largest absolute Gasteiger partial charge is 0.212 e. The fourth-order valence-electron chi connectivity index (χ4n) is 6.80. The van der Waals surface area contributed by atoms with E-state index in [2.05, 4.69) is 98.8 Å². The number of fused-ring (bicyclic) bond motifs is 7. The van der Waals surface area contributed by atoms with Crippen LogP contribution in [0.15, 0.2) is 121 Å². The molecule has 0 aliphatic heterocycles. The van der Waals surface area contributed by atoms with E-state index < -0.39 is 0 Å². The lowest BCUT2D eigenvalue weighted by Crippen LogP contribution is -2.16. The summed E-state index contributed by atoms with van der Waals surface area (Å²) in [6.07, 6.45) is 0. The Bertz CT molecular complexity index is 1870. The summed E-state index contributed by atoms with van der Waals surface area (Å²) in [5.41, 5.74) is 12.5. The predicted octanol–water partition coefficient (Wildman–Crippen LogP) is 8.67. The van der Waals surface area contributed by atoms with Crippen LogP contribution < -0.4 is 0 Å². The number of rotatable bonds is 3. The summed E-state index contributed by atoms with van der Waals surface area (Å²) in [5.74, 6) is 2.10. The summed E-state index contributed by atoms with van der Waals surface area (Å²) in [6.45, 7) is 4.72. The minimum absolute atomic E-state index is 0.0797. The molecule has 5 aromatic carbocycles. The average Bonchev–Trinajstić information content (AvgIpc) is 3.47. The van der Waals surface area contributed by atoms with Crippen LogP contribution in [-0.2, 0) is 5.41 Å². The highest BCUT2D eigenvalue weighted by Crippen LogP contribution is 2.58. The third-order valence-corrected chi connectivity index (χ3v) is 8.58. The number of hydrogen-bond donors (Lipinski definition) is 0. The second-order valence-corrected chi connectivity index (χ2v) is 11.2. The fraction of sp³-hybridized carbons (Fsp3) is 0.108. The van der Waals surface area contributed by atoms with Crippen LogP contribution in [-0.4, -0.2) is 15.0 Å². The lowest BCUT2D eigenvalue weighted by atomic mass is 9.78. The summed E-state index contributed by atoms with van der Waals surface area (Å²) in [7, 11) is 0. The SMILES string of the molecule is CC1(C)c2ccccc2-c2ccc3c(c21)-c1ccccc1C3c1nc(-c2ccccc2)nc(-c2ccccc2)n1. The monoisotopic (exact) mass is 513 g/mol. The Morgan fingerprint density at radius 2 is 1.07 bits per heavy atom. The van der Waals surface area contributed by atoms with Crippen molar-refractivity contribution in [2.24, 2.45) is 0 Å². The van der Waals surface area contributed by atoms with Gasteiger partial charge in [-0.1, -0.05) is 135 Å². The molecule has 190 valence electrons. The zero-order valence-electron chi connectivity index (χ0n) is 22.5. The molecule has 0 spiro atoms. The van der Waals surface area contributed by atoms with Gasteiger partial charge < -0.3 is 0 Å². The number of hydrogen-bond acceptors (Lipinski definition) is 3. The first-order chi connectivity index (χ1) is 19.6. The van der Waals surface area contributed by atoms with E-state index in [1.165, 1.54) is 44.5 Å². The van der Waals surface area contributed by atoms with Gasteiger partial charge in [0.1, 0.15) is 5.82 Å². The van der Waals surface area contributed by atoms with Crippen LogP contribution in [0.2, 0.25) is 0 Å². The summed E-state index contributed by atoms with van der Waals surface area (Å²) < 4.78 is 0. The van der Waals surface area contributed by atoms with Gasteiger partial charge in [-0.2, -0.15) is 0 Å². The Kier molecular flexibility index (Phi) is 4.93. The fourth-order valence-corrected chi connectivity index (χ4v) is 6.80. The molecule has 0 radical (unpaired) electrons. The molecule has 2 aliphatic carbocycles. The van der Waals surface area contributed by atoms with Crippen molar-refractivity contribution in [3.05, 3.63) is 149 Å². The summed E-state index contributed by atoms with van der Waals surface area (Å²) in [5, 5.41) is 0. The third-order valence-electron chi connectivity index (χ3n) is 8.58. The first-order valence-corrected chi connectivity index (χ1v) is 13.8. The van der Waals surface area contributed by atoms with Gasteiger partial charge in [0, 0.05) is 16.5 Å². The summed E-state index contributed by atoms with van der Waals surface area (Å²) >= 11 is 0. The maximum absolute atomic E-state index is 5.16. The Morgan fingerprint density at radius 3 is 1.75 bits per heavy atom. The second-order valence-electron chi connectivity index (χ2n) is 11.2. The Hall–Kier alpha value is -4.89. The molecule has 0 N–H and O–H groups in total. The molecule has 0 amide bonds. The van der Waals surface area contributed by atoms with Crippen LogP contribution in [0.5, 0.6) is 0 Å². The molecule has 1 unspecified atom stereocenters. The molecule has 1 heterocycles. The first kappa shape index (κ1) is 23.0. The van der Waals surface area contributed by atoms with Gasteiger partial charge in [-0.25, -0.2) is 15.0 Å². The molecule has 0 saturated heterocycles. The van der Waals surface area contributed by atoms with E-state index in [9.17, 15) is 0 Å². The van der Waals surface area contributed by atoms with Crippen LogP contribution in [0.4, 0.5) is 0 Å².